The summed E-state index contributed by atoms with van der Waals surface area (Å²) in [6.45, 7) is 4.67. The fourth-order valence-corrected chi connectivity index (χ4v) is 0.651. The Morgan fingerprint density at radius 1 is 1.64 bits per heavy atom. The molecule has 11 heavy (non-hydrogen) atoms. The molecule has 0 aromatic rings. The molecular formula is C7H16N2O2. The number of rotatable bonds is 5. The molecule has 0 bridgehead atoms. The maximum Gasteiger partial charge on any atom is 0.320 e. The Hall–Kier alpha value is -0.610. The Labute approximate surface area is 66.8 Å². The summed E-state index contributed by atoms with van der Waals surface area (Å²) in [5, 5.41) is 11.5. The van der Waals surface area contributed by atoms with Crippen molar-refractivity contribution in [2.75, 3.05) is 6.54 Å². The third kappa shape index (κ3) is 5.82. The van der Waals surface area contributed by atoms with Crippen LogP contribution in [0.1, 0.15) is 20.3 Å². The summed E-state index contributed by atoms with van der Waals surface area (Å²) in [5.74, 6) is -0.935. The Morgan fingerprint density at radius 3 is 2.55 bits per heavy atom. The normalized spacial score (nSPS) is 13.5. The second-order valence-corrected chi connectivity index (χ2v) is 2.84. The van der Waals surface area contributed by atoms with Gasteiger partial charge in [0.2, 0.25) is 0 Å². The van der Waals surface area contributed by atoms with Crippen LogP contribution in [0.4, 0.5) is 0 Å². The van der Waals surface area contributed by atoms with Crippen molar-refractivity contribution in [2.45, 2.75) is 32.4 Å². The van der Waals surface area contributed by atoms with Gasteiger partial charge in [-0.05, 0) is 13.0 Å². The fraction of sp³-hybridized carbons (Fsp3) is 0.857. The topological polar surface area (TPSA) is 75.3 Å². The van der Waals surface area contributed by atoms with E-state index in [-0.39, 0.29) is 0 Å². The van der Waals surface area contributed by atoms with Gasteiger partial charge in [0.05, 0.1) is 0 Å². The molecule has 66 valence electrons. The summed E-state index contributed by atoms with van der Waals surface area (Å²) in [6.07, 6.45) is 0.480. The molecule has 0 amide bonds. The molecule has 0 aromatic heterocycles. The lowest BCUT2D eigenvalue weighted by atomic mass is 10.2. The molecule has 4 N–H and O–H groups in total. The third-order valence-corrected chi connectivity index (χ3v) is 1.33. The number of carboxylic acid groups (broad SMARTS) is 1. The van der Waals surface area contributed by atoms with Gasteiger partial charge in [0.25, 0.3) is 0 Å². The molecule has 4 nitrogen and oxygen atoms in total. The highest BCUT2D eigenvalue weighted by Gasteiger charge is 2.09. The summed E-state index contributed by atoms with van der Waals surface area (Å²) in [7, 11) is 0. The molecule has 0 spiro atoms. The largest absolute Gasteiger partial charge is 0.480 e. The molecule has 0 aromatic carbocycles. The van der Waals surface area contributed by atoms with Gasteiger partial charge in [-0.2, -0.15) is 0 Å². The molecule has 0 fully saturated rings. The van der Waals surface area contributed by atoms with Gasteiger partial charge in [0.15, 0.2) is 0 Å². The monoisotopic (exact) mass is 160 g/mol. The van der Waals surface area contributed by atoms with Crippen LogP contribution in [-0.2, 0) is 4.79 Å². The first kappa shape index (κ1) is 10.4. The lowest BCUT2D eigenvalue weighted by Gasteiger charge is -2.09. The molecule has 0 aliphatic heterocycles. The van der Waals surface area contributed by atoms with E-state index < -0.39 is 12.0 Å². The van der Waals surface area contributed by atoms with Crippen molar-refractivity contribution in [1.29, 1.82) is 0 Å². The van der Waals surface area contributed by atoms with Crippen molar-refractivity contribution < 1.29 is 9.90 Å². The Kier molecular flexibility index (Phi) is 4.81. The molecule has 1 unspecified atom stereocenters. The van der Waals surface area contributed by atoms with E-state index >= 15 is 0 Å². The number of nitrogens with two attached hydrogens (primary N) is 1. The highest BCUT2D eigenvalue weighted by atomic mass is 16.4. The predicted octanol–water partition coefficient (Wildman–Crippen LogP) is -0.214. The summed E-state index contributed by atoms with van der Waals surface area (Å²) in [5.41, 5.74) is 5.26. The minimum Gasteiger partial charge on any atom is -0.480 e. The summed E-state index contributed by atoms with van der Waals surface area (Å²) >= 11 is 0. The Bertz CT molecular complexity index is 126. The number of carboxylic acids is 1. The SMILES string of the molecule is CC(C)NCCC(N)C(=O)O. The summed E-state index contributed by atoms with van der Waals surface area (Å²) in [4.78, 5) is 10.2. The van der Waals surface area contributed by atoms with Gasteiger partial charge in [-0.1, -0.05) is 13.8 Å². The van der Waals surface area contributed by atoms with Crippen LogP contribution in [0.15, 0.2) is 0 Å². The van der Waals surface area contributed by atoms with E-state index in [0.717, 1.165) is 0 Å². The minimum absolute atomic E-state index is 0.385. The number of carbonyl (C=O) groups is 1. The second kappa shape index (κ2) is 5.09. The van der Waals surface area contributed by atoms with Crippen LogP contribution in [0.3, 0.4) is 0 Å². The molecule has 0 rings (SSSR count). The van der Waals surface area contributed by atoms with Crippen molar-refractivity contribution in [3.8, 4) is 0 Å². The van der Waals surface area contributed by atoms with Crippen LogP contribution in [0.25, 0.3) is 0 Å². The number of aliphatic carboxylic acids is 1. The van der Waals surface area contributed by atoms with Gasteiger partial charge in [-0.15, -0.1) is 0 Å². The standard InChI is InChI=1S/C7H16N2O2/c1-5(2)9-4-3-6(8)7(10)11/h5-6,9H,3-4,8H2,1-2H3,(H,10,11). The quantitative estimate of drug-likeness (QED) is 0.520. The molecular weight excluding hydrogens is 144 g/mol. The highest BCUT2D eigenvalue weighted by Crippen LogP contribution is 1.86. The summed E-state index contributed by atoms with van der Waals surface area (Å²) < 4.78 is 0. The number of nitrogens with one attached hydrogen (secondary N) is 1. The van der Waals surface area contributed by atoms with Crippen molar-refractivity contribution in [1.82, 2.24) is 5.32 Å². The van der Waals surface area contributed by atoms with Gasteiger partial charge in [-0.25, -0.2) is 0 Å². The van der Waals surface area contributed by atoms with E-state index in [9.17, 15) is 4.79 Å². The first-order chi connectivity index (χ1) is 5.04. The average Bonchev–Trinajstić information content (AvgIpc) is 1.86. The van der Waals surface area contributed by atoms with Gasteiger partial charge in [0, 0.05) is 6.04 Å². The molecule has 1 atom stereocenters. The second-order valence-electron chi connectivity index (χ2n) is 2.84. The third-order valence-electron chi connectivity index (χ3n) is 1.33. The summed E-state index contributed by atoms with van der Waals surface area (Å²) in [6, 6.07) is -0.350. The molecule has 0 aliphatic carbocycles. The van der Waals surface area contributed by atoms with Crippen LogP contribution >= 0.6 is 0 Å². The van der Waals surface area contributed by atoms with E-state index in [1.807, 2.05) is 13.8 Å². The van der Waals surface area contributed by atoms with E-state index in [1.165, 1.54) is 0 Å². The maximum atomic E-state index is 10.2. The number of hydrogen-bond acceptors (Lipinski definition) is 3. The minimum atomic E-state index is -0.935. The van der Waals surface area contributed by atoms with E-state index in [0.29, 0.717) is 19.0 Å². The molecule has 0 heterocycles. The van der Waals surface area contributed by atoms with Gasteiger partial charge >= 0.3 is 5.97 Å². The molecule has 0 saturated carbocycles. The highest BCUT2D eigenvalue weighted by molar-refractivity contribution is 5.72. The molecule has 0 saturated heterocycles. The lowest BCUT2D eigenvalue weighted by molar-refractivity contribution is -0.138. The zero-order valence-electron chi connectivity index (χ0n) is 7.00. The van der Waals surface area contributed by atoms with Crippen LogP contribution in [0.2, 0.25) is 0 Å². The Balaban J connectivity index is 3.31. The Morgan fingerprint density at radius 2 is 2.18 bits per heavy atom. The van der Waals surface area contributed by atoms with Crippen molar-refractivity contribution >= 4 is 5.97 Å². The smallest absolute Gasteiger partial charge is 0.320 e. The average molecular weight is 160 g/mol. The van der Waals surface area contributed by atoms with E-state index in [2.05, 4.69) is 5.32 Å². The number of hydrogen-bond donors (Lipinski definition) is 3. The fourth-order valence-electron chi connectivity index (χ4n) is 0.651. The first-order valence-corrected chi connectivity index (χ1v) is 3.75. The van der Waals surface area contributed by atoms with Gasteiger partial charge < -0.3 is 16.2 Å². The van der Waals surface area contributed by atoms with Crippen LogP contribution in [0, 0.1) is 0 Å². The van der Waals surface area contributed by atoms with Crippen LogP contribution in [0.5, 0.6) is 0 Å². The van der Waals surface area contributed by atoms with Crippen molar-refractivity contribution in [2.24, 2.45) is 5.73 Å². The zero-order chi connectivity index (χ0) is 8.85. The van der Waals surface area contributed by atoms with E-state index in [4.69, 9.17) is 10.8 Å². The van der Waals surface area contributed by atoms with Crippen molar-refractivity contribution in [3.05, 3.63) is 0 Å². The van der Waals surface area contributed by atoms with E-state index in [1.54, 1.807) is 0 Å². The first-order valence-electron chi connectivity index (χ1n) is 3.75. The molecule has 0 aliphatic rings. The maximum absolute atomic E-state index is 10.2. The van der Waals surface area contributed by atoms with Crippen LogP contribution < -0.4 is 11.1 Å². The van der Waals surface area contributed by atoms with Crippen LogP contribution in [-0.4, -0.2) is 29.7 Å². The predicted molar refractivity (Wildman–Crippen MR) is 43.4 cm³/mol. The van der Waals surface area contributed by atoms with Gasteiger partial charge in [0.1, 0.15) is 6.04 Å². The van der Waals surface area contributed by atoms with Crippen molar-refractivity contribution in [3.63, 3.8) is 0 Å². The lowest BCUT2D eigenvalue weighted by Crippen LogP contribution is -2.35. The van der Waals surface area contributed by atoms with Gasteiger partial charge in [-0.3, -0.25) is 4.79 Å². The zero-order valence-corrected chi connectivity index (χ0v) is 7.00. The molecule has 4 heteroatoms. The molecule has 0 radical (unpaired) electrons.